The third-order valence-corrected chi connectivity index (χ3v) is 4.72. The molecular formula is C14H20F3IN4O2S. The number of hydrogen-bond acceptors (Lipinski definition) is 5. The van der Waals surface area contributed by atoms with E-state index in [1.54, 1.807) is 7.05 Å². The van der Waals surface area contributed by atoms with Crippen molar-refractivity contribution in [2.24, 2.45) is 16.8 Å². The Kier molecular flexibility index (Phi) is 7.90. The number of nitrogens with zero attached hydrogens (tertiary/aromatic N) is 3. The summed E-state index contributed by atoms with van der Waals surface area (Å²) in [4.78, 5) is 21.3. The number of halogens is 4. The molecular weight excluding hydrogens is 472 g/mol. The molecule has 1 fully saturated rings. The number of ether oxygens (including phenoxy) is 1. The molecule has 0 aliphatic carbocycles. The molecule has 1 N–H and O–H groups in total. The zero-order chi connectivity index (χ0) is 17.9. The molecule has 0 amide bonds. The van der Waals surface area contributed by atoms with Crippen molar-refractivity contribution in [3.8, 4) is 0 Å². The summed E-state index contributed by atoms with van der Waals surface area (Å²) in [7, 11) is 2.94. The first-order valence-corrected chi connectivity index (χ1v) is 8.19. The molecule has 1 aliphatic rings. The molecule has 2 atom stereocenters. The molecule has 11 heteroatoms. The van der Waals surface area contributed by atoms with Gasteiger partial charge >= 0.3 is 12.1 Å². The molecule has 6 nitrogen and oxygen atoms in total. The average molecular weight is 492 g/mol. The molecule has 0 saturated carbocycles. The Bertz CT molecular complexity index is 623. The Morgan fingerprint density at radius 1 is 1.52 bits per heavy atom. The summed E-state index contributed by atoms with van der Waals surface area (Å²) in [6.07, 6.45) is -4.44. The van der Waals surface area contributed by atoms with Crippen LogP contribution in [-0.2, 0) is 22.3 Å². The minimum absolute atomic E-state index is 0. The molecule has 142 valence electrons. The van der Waals surface area contributed by atoms with E-state index in [-0.39, 0.29) is 48.3 Å². The van der Waals surface area contributed by atoms with Crippen LogP contribution in [0.4, 0.5) is 13.2 Å². The van der Waals surface area contributed by atoms with Gasteiger partial charge < -0.3 is 15.0 Å². The van der Waals surface area contributed by atoms with Crippen LogP contribution in [0, 0.1) is 11.8 Å². The number of thiazole rings is 1. The van der Waals surface area contributed by atoms with E-state index in [0.29, 0.717) is 24.1 Å². The van der Waals surface area contributed by atoms with Crippen molar-refractivity contribution < 1.29 is 22.7 Å². The lowest BCUT2D eigenvalue weighted by Crippen LogP contribution is -2.40. The number of aliphatic imine (C=N–C) groups is 1. The van der Waals surface area contributed by atoms with Crippen molar-refractivity contribution in [2.75, 3.05) is 27.2 Å². The lowest BCUT2D eigenvalue weighted by molar-refractivity contribution is -0.146. The molecule has 0 aromatic carbocycles. The van der Waals surface area contributed by atoms with E-state index >= 15 is 0 Å². The van der Waals surface area contributed by atoms with Gasteiger partial charge in [0.2, 0.25) is 0 Å². The van der Waals surface area contributed by atoms with Gasteiger partial charge in [0, 0.05) is 25.5 Å². The summed E-state index contributed by atoms with van der Waals surface area (Å²) in [5.74, 6) is 0.116. The van der Waals surface area contributed by atoms with Gasteiger partial charge in [-0.2, -0.15) is 13.2 Å². The second-order valence-electron chi connectivity index (χ2n) is 5.54. The third-order valence-electron chi connectivity index (χ3n) is 3.87. The molecule has 1 aliphatic heterocycles. The van der Waals surface area contributed by atoms with Gasteiger partial charge in [0.15, 0.2) is 11.7 Å². The maximum atomic E-state index is 12.6. The Morgan fingerprint density at radius 3 is 2.72 bits per heavy atom. The zero-order valence-electron chi connectivity index (χ0n) is 14.0. The van der Waals surface area contributed by atoms with E-state index in [9.17, 15) is 18.0 Å². The Balaban J connectivity index is 0.00000312. The van der Waals surface area contributed by atoms with Gasteiger partial charge in [0.05, 0.1) is 19.6 Å². The predicted molar refractivity (Wildman–Crippen MR) is 99.0 cm³/mol. The second kappa shape index (κ2) is 9.01. The first-order valence-electron chi connectivity index (χ1n) is 7.31. The van der Waals surface area contributed by atoms with Gasteiger partial charge in [-0.3, -0.25) is 9.79 Å². The lowest BCUT2D eigenvalue weighted by atomic mass is 9.99. The van der Waals surface area contributed by atoms with Crippen LogP contribution in [0.15, 0.2) is 10.4 Å². The molecule has 25 heavy (non-hydrogen) atoms. The number of esters is 1. The van der Waals surface area contributed by atoms with Crippen molar-refractivity contribution in [1.82, 2.24) is 15.2 Å². The molecule has 0 bridgehead atoms. The van der Waals surface area contributed by atoms with Gasteiger partial charge in [0.1, 0.15) is 5.01 Å². The van der Waals surface area contributed by atoms with Crippen molar-refractivity contribution >= 4 is 47.2 Å². The first-order chi connectivity index (χ1) is 11.3. The number of carbonyl (C=O) groups is 1. The molecule has 2 unspecified atom stereocenters. The maximum absolute atomic E-state index is 12.6. The molecule has 2 heterocycles. The van der Waals surface area contributed by atoms with Crippen LogP contribution in [0.5, 0.6) is 0 Å². The number of rotatable bonds is 3. The molecule has 0 spiro atoms. The van der Waals surface area contributed by atoms with Crippen molar-refractivity contribution in [1.29, 1.82) is 0 Å². The highest BCUT2D eigenvalue weighted by Gasteiger charge is 2.37. The van der Waals surface area contributed by atoms with Crippen molar-refractivity contribution in [3.63, 3.8) is 0 Å². The van der Waals surface area contributed by atoms with Gasteiger partial charge in [-0.05, 0) is 5.92 Å². The standard InChI is InChI=1S/C14H19F3N4O2S.HI/c1-8-5-21(6-9(8)12(22)23-3)13(18-2)19-4-11-20-10(7-24-11)14(15,16)17;/h7-9H,4-6H2,1-3H3,(H,18,19);1H. The van der Waals surface area contributed by atoms with Gasteiger partial charge in [-0.1, -0.05) is 6.92 Å². The highest BCUT2D eigenvalue weighted by Crippen LogP contribution is 2.30. The van der Waals surface area contributed by atoms with Crippen molar-refractivity contribution in [3.05, 3.63) is 16.1 Å². The zero-order valence-corrected chi connectivity index (χ0v) is 17.1. The fourth-order valence-electron chi connectivity index (χ4n) is 2.61. The molecule has 1 aromatic heterocycles. The van der Waals surface area contributed by atoms with Crippen LogP contribution in [0.3, 0.4) is 0 Å². The molecule has 2 rings (SSSR count). The molecule has 0 radical (unpaired) electrons. The predicted octanol–water partition coefficient (Wildman–Crippen LogP) is 2.60. The summed E-state index contributed by atoms with van der Waals surface area (Å²) >= 11 is 0.940. The number of hydrogen-bond donors (Lipinski definition) is 1. The third kappa shape index (κ3) is 5.43. The number of nitrogens with one attached hydrogen (secondary N) is 1. The number of alkyl halides is 3. The van der Waals surface area contributed by atoms with Gasteiger partial charge in [-0.15, -0.1) is 35.3 Å². The summed E-state index contributed by atoms with van der Waals surface area (Å²) < 4.78 is 42.5. The highest BCUT2D eigenvalue weighted by atomic mass is 127. The van der Waals surface area contributed by atoms with Crippen LogP contribution in [-0.4, -0.2) is 49.1 Å². The topological polar surface area (TPSA) is 66.8 Å². The van der Waals surface area contributed by atoms with E-state index < -0.39 is 11.9 Å². The Morgan fingerprint density at radius 2 is 2.20 bits per heavy atom. The van der Waals surface area contributed by atoms with Gasteiger partial charge in [-0.25, -0.2) is 4.98 Å². The fourth-order valence-corrected chi connectivity index (χ4v) is 3.35. The van der Waals surface area contributed by atoms with Crippen LogP contribution >= 0.6 is 35.3 Å². The number of aromatic nitrogens is 1. The van der Waals surface area contributed by atoms with Crippen LogP contribution < -0.4 is 5.32 Å². The highest BCUT2D eigenvalue weighted by molar-refractivity contribution is 14.0. The molecule has 1 aromatic rings. The lowest BCUT2D eigenvalue weighted by Gasteiger charge is -2.21. The number of carbonyl (C=O) groups excluding carboxylic acids is 1. The maximum Gasteiger partial charge on any atom is 0.434 e. The summed E-state index contributed by atoms with van der Waals surface area (Å²) in [6, 6.07) is 0. The Labute approximate surface area is 164 Å². The minimum atomic E-state index is -4.44. The fraction of sp³-hybridized carbons (Fsp3) is 0.643. The first kappa shape index (κ1) is 21.9. The number of likely N-dealkylation sites (tertiary alicyclic amines) is 1. The van der Waals surface area contributed by atoms with E-state index in [1.807, 2.05) is 11.8 Å². The average Bonchev–Trinajstić information content (AvgIpc) is 3.14. The summed E-state index contributed by atoms with van der Waals surface area (Å²) in [5, 5.41) is 4.31. The Hall–Kier alpha value is -1.11. The van der Waals surface area contributed by atoms with Crippen LogP contribution in [0.25, 0.3) is 0 Å². The SMILES string of the molecule is CN=C(NCc1nc(C(F)(F)F)cs1)N1CC(C)C(C(=O)OC)C1.I. The van der Waals surface area contributed by atoms with Crippen LogP contribution in [0.2, 0.25) is 0 Å². The smallest absolute Gasteiger partial charge is 0.434 e. The number of methoxy groups -OCH3 is 1. The van der Waals surface area contributed by atoms with E-state index in [2.05, 4.69) is 15.3 Å². The van der Waals surface area contributed by atoms with Crippen molar-refractivity contribution in [2.45, 2.75) is 19.6 Å². The quantitative estimate of drug-likeness (QED) is 0.304. The minimum Gasteiger partial charge on any atom is -0.469 e. The van der Waals surface area contributed by atoms with Crippen LogP contribution in [0.1, 0.15) is 17.6 Å². The van der Waals surface area contributed by atoms with E-state index in [1.165, 1.54) is 7.11 Å². The van der Waals surface area contributed by atoms with E-state index in [4.69, 9.17) is 4.74 Å². The monoisotopic (exact) mass is 492 g/mol. The normalized spacial score (nSPS) is 21.0. The second-order valence-corrected chi connectivity index (χ2v) is 6.48. The summed E-state index contributed by atoms with van der Waals surface area (Å²) in [6.45, 7) is 3.16. The molecule has 1 saturated heterocycles. The number of guanidine groups is 1. The largest absolute Gasteiger partial charge is 0.469 e. The van der Waals surface area contributed by atoms with E-state index in [0.717, 1.165) is 16.7 Å². The summed E-state index contributed by atoms with van der Waals surface area (Å²) in [5.41, 5.74) is -0.889. The van der Waals surface area contributed by atoms with Gasteiger partial charge in [0.25, 0.3) is 0 Å².